The van der Waals surface area contributed by atoms with Gasteiger partial charge in [0.25, 0.3) is 5.56 Å². The molecule has 8 heteroatoms. The van der Waals surface area contributed by atoms with Crippen molar-refractivity contribution in [1.29, 1.82) is 0 Å². The highest BCUT2D eigenvalue weighted by Gasteiger charge is 2.17. The van der Waals surface area contributed by atoms with Gasteiger partial charge in [0.2, 0.25) is 0 Å². The Labute approximate surface area is 151 Å². The van der Waals surface area contributed by atoms with Crippen LogP contribution >= 0.6 is 34.4 Å². The number of nitrogens with zero attached hydrogens (tertiary/aromatic N) is 1. The third-order valence-corrected chi connectivity index (χ3v) is 6.29. The van der Waals surface area contributed by atoms with Crippen LogP contribution in [0.2, 0.25) is 0 Å². The number of carbonyl (C=O) groups excluding carboxylic acids is 1. The van der Waals surface area contributed by atoms with Gasteiger partial charge in [0, 0.05) is 15.8 Å². The number of hydrogen-bond acceptors (Lipinski definition) is 7. The molecule has 0 saturated carbocycles. The summed E-state index contributed by atoms with van der Waals surface area (Å²) in [6.07, 6.45) is 0. The van der Waals surface area contributed by atoms with Gasteiger partial charge in [-0.25, -0.2) is 4.98 Å². The zero-order valence-electron chi connectivity index (χ0n) is 13.2. The van der Waals surface area contributed by atoms with Crippen molar-refractivity contribution in [2.45, 2.75) is 19.1 Å². The van der Waals surface area contributed by atoms with Gasteiger partial charge in [-0.05, 0) is 25.3 Å². The predicted molar refractivity (Wildman–Crippen MR) is 101 cm³/mol. The van der Waals surface area contributed by atoms with E-state index in [9.17, 15) is 9.59 Å². The molecule has 3 heterocycles. The fraction of sp³-hybridized carbons (Fsp3) is 0.312. The van der Waals surface area contributed by atoms with E-state index >= 15 is 0 Å². The molecule has 0 aliphatic heterocycles. The number of carbonyl (C=O) groups is 1. The number of thiophene rings is 2. The number of rotatable bonds is 6. The van der Waals surface area contributed by atoms with Crippen LogP contribution in [0.1, 0.15) is 24.9 Å². The Morgan fingerprint density at radius 1 is 1.46 bits per heavy atom. The molecule has 126 valence electrons. The van der Waals surface area contributed by atoms with E-state index in [-0.39, 0.29) is 22.5 Å². The molecule has 3 aromatic heterocycles. The summed E-state index contributed by atoms with van der Waals surface area (Å²) in [6.45, 7) is 4.07. The lowest BCUT2D eigenvalue weighted by molar-refractivity contribution is -0.139. The Bertz CT molecular complexity index is 899. The fourth-order valence-corrected chi connectivity index (χ4v) is 4.75. The van der Waals surface area contributed by atoms with E-state index in [0.717, 1.165) is 15.3 Å². The summed E-state index contributed by atoms with van der Waals surface area (Å²) < 4.78 is 4.92. The molecule has 3 rings (SSSR count). The first-order valence-electron chi connectivity index (χ1n) is 7.42. The lowest BCUT2D eigenvalue weighted by Crippen LogP contribution is -2.13. The van der Waals surface area contributed by atoms with Crippen molar-refractivity contribution >= 4 is 50.6 Å². The first-order valence-corrected chi connectivity index (χ1v) is 10.2. The molecular weight excluding hydrogens is 364 g/mol. The number of ether oxygens (including phenoxy) is 1. The van der Waals surface area contributed by atoms with Gasteiger partial charge >= 0.3 is 5.97 Å². The zero-order chi connectivity index (χ0) is 17.1. The summed E-state index contributed by atoms with van der Waals surface area (Å²) in [5.74, 6) is 0.567. The highest BCUT2D eigenvalue weighted by molar-refractivity contribution is 8.00. The molecule has 3 aromatic rings. The number of nitrogens with one attached hydrogen (secondary N) is 1. The van der Waals surface area contributed by atoms with Gasteiger partial charge < -0.3 is 9.72 Å². The SMILES string of the molecule is CCOC(=O)CS[C@@H](C)c1nc2scc(-c3cccs3)c2c(=O)[nH]1. The third kappa shape index (κ3) is 3.55. The van der Waals surface area contributed by atoms with Crippen LogP contribution in [-0.2, 0) is 9.53 Å². The van der Waals surface area contributed by atoms with Crippen LogP contribution in [0.4, 0.5) is 0 Å². The van der Waals surface area contributed by atoms with Gasteiger partial charge in [-0.1, -0.05) is 6.07 Å². The quantitative estimate of drug-likeness (QED) is 0.653. The fourth-order valence-electron chi connectivity index (χ4n) is 2.25. The van der Waals surface area contributed by atoms with E-state index < -0.39 is 0 Å². The molecule has 0 bridgehead atoms. The summed E-state index contributed by atoms with van der Waals surface area (Å²) >= 11 is 4.47. The van der Waals surface area contributed by atoms with Crippen LogP contribution in [0, 0.1) is 0 Å². The minimum atomic E-state index is -0.256. The number of aromatic amines is 1. The average molecular weight is 381 g/mol. The minimum absolute atomic E-state index is 0.0983. The lowest BCUT2D eigenvalue weighted by atomic mass is 10.2. The molecule has 5 nitrogen and oxygen atoms in total. The molecule has 0 aliphatic carbocycles. The second-order valence-corrected chi connectivity index (χ2v) is 8.15. The lowest BCUT2D eigenvalue weighted by Gasteiger charge is -2.10. The summed E-state index contributed by atoms with van der Waals surface area (Å²) in [5, 5.41) is 4.49. The maximum absolute atomic E-state index is 12.5. The zero-order valence-corrected chi connectivity index (χ0v) is 15.6. The molecule has 0 unspecified atom stereocenters. The molecule has 0 saturated heterocycles. The number of aromatic nitrogens is 2. The van der Waals surface area contributed by atoms with Gasteiger partial charge in [-0.15, -0.1) is 34.4 Å². The van der Waals surface area contributed by atoms with E-state index in [1.165, 1.54) is 23.1 Å². The van der Waals surface area contributed by atoms with Gasteiger partial charge in [0.1, 0.15) is 10.7 Å². The highest BCUT2D eigenvalue weighted by atomic mass is 32.2. The second-order valence-electron chi connectivity index (χ2n) is 5.02. The van der Waals surface area contributed by atoms with Crippen LogP contribution in [0.3, 0.4) is 0 Å². The Kier molecular flexibility index (Phi) is 5.37. The Morgan fingerprint density at radius 2 is 2.29 bits per heavy atom. The largest absolute Gasteiger partial charge is 0.465 e. The number of fused-ring (bicyclic) bond motifs is 1. The average Bonchev–Trinajstić information content (AvgIpc) is 3.21. The number of thioether (sulfide) groups is 1. The normalized spacial score (nSPS) is 12.4. The number of esters is 1. The van der Waals surface area contributed by atoms with Crippen LogP contribution in [-0.4, -0.2) is 28.3 Å². The maximum Gasteiger partial charge on any atom is 0.315 e. The summed E-state index contributed by atoms with van der Waals surface area (Å²) in [7, 11) is 0. The van der Waals surface area contributed by atoms with E-state index in [0.29, 0.717) is 17.8 Å². The van der Waals surface area contributed by atoms with Crippen molar-refractivity contribution in [3.8, 4) is 10.4 Å². The van der Waals surface area contributed by atoms with E-state index in [4.69, 9.17) is 4.74 Å². The molecule has 0 amide bonds. The van der Waals surface area contributed by atoms with Gasteiger partial charge in [0.05, 0.1) is 23.0 Å². The summed E-state index contributed by atoms with van der Waals surface area (Å²) in [6, 6.07) is 3.96. The molecule has 0 aromatic carbocycles. The summed E-state index contributed by atoms with van der Waals surface area (Å²) in [4.78, 5) is 33.2. The number of hydrogen-bond donors (Lipinski definition) is 1. The van der Waals surface area contributed by atoms with Crippen LogP contribution in [0.25, 0.3) is 20.7 Å². The van der Waals surface area contributed by atoms with Crippen molar-refractivity contribution in [3.63, 3.8) is 0 Å². The van der Waals surface area contributed by atoms with E-state index in [2.05, 4.69) is 9.97 Å². The van der Waals surface area contributed by atoms with Crippen LogP contribution < -0.4 is 5.56 Å². The first-order chi connectivity index (χ1) is 11.6. The van der Waals surface area contributed by atoms with Crippen LogP contribution in [0.5, 0.6) is 0 Å². The molecular formula is C16H16N2O3S3. The van der Waals surface area contributed by atoms with Crippen molar-refractivity contribution in [2.75, 3.05) is 12.4 Å². The third-order valence-electron chi connectivity index (χ3n) is 3.39. The Balaban J connectivity index is 1.86. The molecule has 0 aliphatic rings. The van der Waals surface area contributed by atoms with Crippen molar-refractivity contribution < 1.29 is 9.53 Å². The molecule has 0 radical (unpaired) electrons. The van der Waals surface area contributed by atoms with Crippen molar-refractivity contribution in [2.24, 2.45) is 0 Å². The molecule has 0 spiro atoms. The Hall–Kier alpha value is -1.64. The van der Waals surface area contributed by atoms with Gasteiger partial charge in [0.15, 0.2) is 0 Å². The van der Waals surface area contributed by atoms with Crippen molar-refractivity contribution in [3.05, 3.63) is 39.1 Å². The smallest absolute Gasteiger partial charge is 0.315 e. The van der Waals surface area contributed by atoms with E-state index in [1.807, 2.05) is 29.8 Å². The molecule has 0 fully saturated rings. The second kappa shape index (κ2) is 7.50. The first kappa shape index (κ1) is 17.2. The summed E-state index contributed by atoms with van der Waals surface area (Å²) in [5.41, 5.74) is 0.792. The highest BCUT2D eigenvalue weighted by Crippen LogP contribution is 2.34. The van der Waals surface area contributed by atoms with E-state index in [1.54, 1.807) is 18.3 Å². The molecule has 1 N–H and O–H groups in total. The molecule has 1 atom stereocenters. The minimum Gasteiger partial charge on any atom is -0.465 e. The monoisotopic (exact) mass is 380 g/mol. The van der Waals surface area contributed by atoms with Gasteiger partial charge in [-0.3, -0.25) is 9.59 Å². The molecule has 24 heavy (non-hydrogen) atoms. The standard InChI is InChI=1S/C16H16N2O3S3/c1-3-21-12(19)8-23-9(2)14-17-15(20)13-10(7-24-16(13)18-14)11-5-4-6-22-11/h4-7,9H,3,8H2,1-2H3,(H,17,18,20)/t9-/m0/s1. The van der Waals surface area contributed by atoms with Crippen LogP contribution in [0.15, 0.2) is 27.7 Å². The van der Waals surface area contributed by atoms with Crippen molar-refractivity contribution in [1.82, 2.24) is 9.97 Å². The maximum atomic E-state index is 12.5. The van der Waals surface area contributed by atoms with Gasteiger partial charge in [-0.2, -0.15) is 0 Å². The predicted octanol–water partition coefficient (Wildman–Crippen LogP) is 4.07. The number of H-pyrrole nitrogens is 1. The topological polar surface area (TPSA) is 72.0 Å². The Morgan fingerprint density at radius 3 is 3.00 bits per heavy atom.